The zero-order valence-corrected chi connectivity index (χ0v) is 13.3. The molecule has 2 N–H and O–H groups in total. The van der Waals surface area contributed by atoms with E-state index in [4.69, 9.17) is 0 Å². The number of rotatable bonds is 9. The Hall–Kier alpha value is -1.29. The standard InChI is InChI=1S/C16H29N3O/c1-5-7-15(17-6-2)14-8-10-19(12-14)11-9-16(20)18-13(3)4/h8,10,12-13,15,17H,5-7,9,11H2,1-4H3,(H,18,20). The summed E-state index contributed by atoms with van der Waals surface area (Å²) in [6.45, 7) is 10.0. The van der Waals surface area contributed by atoms with Crippen molar-refractivity contribution in [3.8, 4) is 0 Å². The van der Waals surface area contributed by atoms with Crippen LogP contribution in [-0.4, -0.2) is 23.1 Å². The molecule has 1 heterocycles. The predicted octanol–water partition coefficient (Wildman–Crippen LogP) is 2.85. The molecule has 0 bridgehead atoms. The molecule has 114 valence electrons. The van der Waals surface area contributed by atoms with Gasteiger partial charge < -0.3 is 15.2 Å². The third-order valence-corrected chi connectivity index (χ3v) is 3.25. The number of carbonyl (C=O) groups excluding carboxylic acids is 1. The van der Waals surface area contributed by atoms with Crippen molar-refractivity contribution in [3.05, 3.63) is 24.0 Å². The van der Waals surface area contributed by atoms with Crippen LogP contribution in [0.2, 0.25) is 0 Å². The number of amides is 1. The van der Waals surface area contributed by atoms with Crippen molar-refractivity contribution in [2.24, 2.45) is 0 Å². The van der Waals surface area contributed by atoms with Crippen molar-refractivity contribution >= 4 is 5.91 Å². The van der Waals surface area contributed by atoms with E-state index in [0.29, 0.717) is 12.5 Å². The molecule has 0 fully saturated rings. The predicted molar refractivity (Wildman–Crippen MR) is 83.7 cm³/mol. The maximum atomic E-state index is 11.6. The first-order chi connectivity index (χ1) is 9.56. The van der Waals surface area contributed by atoms with Crippen LogP contribution in [0, 0.1) is 0 Å². The number of hydrogen-bond donors (Lipinski definition) is 2. The van der Waals surface area contributed by atoms with Crippen molar-refractivity contribution in [2.75, 3.05) is 6.54 Å². The van der Waals surface area contributed by atoms with E-state index in [0.717, 1.165) is 19.5 Å². The van der Waals surface area contributed by atoms with Crippen LogP contribution in [0.3, 0.4) is 0 Å². The minimum absolute atomic E-state index is 0.118. The van der Waals surface area contributed by atoms with Crippen molar-refractivity contribution in [3.63, 3.8) is 0 Å². The van der Waals surface area contributed by atoms with Crippen LogP contribution < -0.4 is 10.6 Å². The highest BCUT2D eigenvalue weighted by Gasteiger charge is 2.11. The fourth-order valence-electron chi connectivity index (χ4n) is 2.35. The van der Waals surface area contributed by atoms with Crippen LogP contribution in [0.4, 0.5) is 0 Å². The van der Waals surface area contributed by atoms with Crippen molar-refractivity contribution < 1.29 is 4.79 Å². The summed E-state index contributed by atoms with van der Waals surface area (Å²) in [6, 6.07) is 2.80. The Labute approximate surface area is 122 Å². The first kappa shape index (κ1) is 16.8. The SMILES string of the molecule is CCCC(NCC)c1ccn(CCC(=O)NC(C)C)c1. The number of carbonyl (C=O) groups is 1. The molecule has 0 aliphatic heterocycles. The van der Waals surface area contributed by atoms with E-state index < -0.39 is 0 Å². The van der Waals surface area contributed by atoms with Crippen LogP contribution in [0.25, 0.3) is 0 Å². The molecular formula is C16H29N3O. The zero-order valence-electron chi connectivity index (χ0n) is 13.3. The second-order valence-electron chi connectivity index (χ2n) is 5.55. The average Bonchev–Trinajstić information content (AvgIpc) is 2.84. The molecule has 0 aliphatic carbocycles. The molecule has 1 atom stereocenters. The summed E-state index contributed by atoms with van der Waals surface area (Å²) in [6.07, 6.45) is 7.07. The van der Waals surface area contributed by atoms with Crippen LogP contribution in [0.5, 0.6) is 0 Å². The second kappa shape index (κ2) is 8.80. The van der Waals surface area contributed by atoms with Crippen molar-refractivity contribution in [2.45, 2.75) is 65.6 Å². The van der Waals surface area contributed by atoms with Gasteiger partial charge in [-0.1, -0.05) is 20.3 Å². The van der Waals surface area contributed by atoms with E-state index in [2.05, 4.69) is 47.5 Å². The molecule has 0 saturated carbocycles. The van der Waals surface area contributed by atoms with Crippen LogP contribution >= 0.6 is 0 Å². The first-order valence-corrected chi connectivity index (χ1v) is 7.75. The summed E-state index contributed by atoms with van der Waals surface area (Å²) < 4.78 is 2.11. The number of nitrogens with one attached hydrogen (secondary N) is 2. The van der Waals surface area contributed by atoms with E-state index in [1.807, 2.05) is 13.8 Å². The lowest BCUT2D eigenvalue weighted by Gasteiger charge is -2.15. The van der Waals surface area contributed by atoms with E-state index >= 15 is 0 Å². The first-order valence-electron chi connectivity index (χ1n) is 7.75. The van der Waals surface area contributed by atoms with E-state index in [9.17, 15) is 4.79 Å². The molecule has 4 heteroatoms. The maximum absolute atomic E-state index is 11.6. The molecule has 0 spiro atoms. The summed E-state index contributed by atoms with van der Waals surface area (Å²) in [5.74, 6) is 0.118. The second-order valence-corrected chi connectivity index (χ2v) is 5.55. The van der Waals surface area contributed by atoms with Gasteiger partial charge in [0.15, 0.2) is 0 Å². The Bertz CT molecular complexity index is 392. The van der Waals surface area contributed by atoms with Gasteiger partial charge in [0.25, 0.3) is 0 Å². The largest absolute Gasteiger partial charge is 0.354 e. The van der Waals surface area contributed by atoms with Gasteiger partial charge >= 0.3 is 0 Å². The van der Waals surface area contributed by atoms with Gasteiger partial charge in [-0.2, -0.15) is 0 Å². The Morgan fingerprint density at radius 1 is 1.35 bits per heavy atom. The Morgan fingerprint density at radius 3 is 2.70 bits per heavy atom. The highest BCUT2D eigenvalue weighted by molar-refractivity contribution is 5.76. The van der Waals surface area contributed by atoms with Gasteiger partial charge in [0.2, 0.25) is 5.91 Å². The molecule has 0 saturated heterocycles. The van der Waals surface area contributed by atoms with Gasteiger partial charge in [0.1, 0.15) is 0 Å². The third kappa shape index (κ3) is 5.78. The molecule has 0 aromatic carbocycles. The lowest BCUT2D eigenvalue weighted by molar-refractivity contribution is -0.121. The molecule has 0 radical (unpaired) electrons. The van der Waals surface area contributed by atoms with Gasteiger partial charge in [-0.05, 0) is 38.4 Å². The van der Waals surface area contributed by atoms with Crippen molar-refractivity contribution in [1.29, 1.82) is 0 Å². The molecule has 0 aliphatic rings. The summed E-state index contributed by atoms with van der Waals surface area (Å²) in [5, 5.41) is 6.43. The van der Waals surface area contributed by atoms with Crippen LogP contribution in [0.15, 0.2) is 18.5 Å². The van der Waals surface area contributed by atoms with E-state index in [1.54, 1.807) is 0 Å². The topological polar surface area (TPSA) is 46.1 Å². The highest BCUT2D eigenvalue weighted by Crippen LogP contribution is 2.18. The minimum atomic E-state index is 0.118. The quantitative estimate of drug-likeness (QED) is 0.730. The minimum Gasteiger partial charge on any atom is -0.354 e. The van der Waals surface area contributed by atoms with E-state index in [1.165, 1.54) is 12.0 Å². The molecular weight excluding hydrogens is 250 g/mol. The highest BCUT2D eigenvalue weighted by atomic mass is 16.1. The lowest BCUT2D eigenvalue weighted by Crippen LogP contribution is -2.30. The monoisotopic (exact) mass is 279 g/mol. The molecule has 20 heavy (non-hydrogen) atoms. The summed E-state index contributed by atoms with van der Waals surface area (Å²) in [4.78, 5) is 11.6. The molecule has 1 aromatic rings. The van der Waals surface area contributed by atoms with Crippen LogP contribution in [-0.2, 0) is 11.3 Å². The third-order valence-electron chi connectivity index (χ3n) is 3.25. The molecule has 4 nitrogen and oxygen atoms in total. The average molecular weight is 279 g/mol. The molecule has 1 rings (SSSR count). The number of aromatic nitrogens is 1. The normalized spacial score (nSPS) is 12.7. The fourth-order valence-corrected chi connectivity index (χ4v) is 2.35. The zero-order chi connectivity index (χ0) is 15.0. The summed E-state index contributed by atoms with van der Waals surface area (Å²) in [7, 11) is 0. The van der Waals surface area contributed by atoms with Crippen LogP contribution in [0.1, 0.15) is 58.6 Å². The lowest BCUT2D eigenvalue weighted by atomic mass is 10.1. The summed E-state index contributed by atoms with van der Waals surface area (Å²) >= 11 is 0. The molecule has 1 aromatic heterocycles. The Kier molecular flexibility index (Phi) is 7.37. The Balaban J connectivity index is 2.51. The number of hydrogen-bond acceptors (Lipinski definition) is 2. The maximum Gasteiger partial charge on any atom is 0.221 e. The van der Waals surface area contributed by atoms with Gasteiger partial charge in [-0.15, -0.1) is 0 Å². The van der Waals surface area contributed by atoms with Crippen molar-refractivity contribution in [1.82, 2.24) is 15.2 Å². The molecule has 1 unspecified atom stereocenters. The van der Waals surface area contributed by atoms with Gasteiger partial charge in [0.05, 0.1) is 0 Å². The van der Waals surface area contributed by atoms with Gasteiger partial charge in [0, 0.05) is 37.4 Å². The smallest absolute Gasteiger partial charge is 0.221 e. The van der Waals surface area contributed by atoms with E-state index in [-0.39, 0.29) is 11.9 Å². The number of aryl methyl sites for hydroxylation is 1. The Morgan fingerprint density at radius 2 is 2.10 bits per heavy atom. The van der Waals surface area contributed by atoms with Gasteiger partial charge in [-0.25, -0.2) is 0 Å². The fraction of sp³-hybridized carbons (Fsp3) is 0.688. The molecule has 1 amide bonds. The summed E-state index contributed by atoms with van der Waals surface area (Å²) in [5.41, 5.74) is 1.32. The van der Waals surface area contributed by atoms with Gasteiger partial charge in [-0.3, -0.25) is 4.79 Å². The number of nitrogens with zero attached hydrogens (tertiary/aromatic N) is 1.